The van der Waals surface area contributed by atoms with Crippen molar-refractivity contribution >= 4 is 34.3 Å². The lowest BCUT2D eigenvalue weighted by atomic mass is 9.92. The number of hydroxylamine groups is 1. The van der Waals surface area contributed by atoms with E-state index in [4.69, 9.17) is 14.3 Å². The Morgan fingerprint density at radius 2 is 1.88 bits per heavy atom. The highest BCUT2D eigenvalue weighted by atomic mass is 16.6. The minimum Gasteiger partial charge on any atom is -0.465 e. The van der Waals surface area contributed by atoms with E-state index in [-0.39, 0.29) is 16.7 Å². The normalized spacial score (nSPS) is 17.8. The lowest BCUT2D eigenvalue weighted by Crippen LogP contribution is -2.28. The van der Waals surface area contributed by atoms with Crippen molar-refractivity contribution in [1.29, 1.82) is 0 Å². The third-order valence-corrected chi connectivity index (χ3v) is 5.06. The van der Waals surface area contributed by atoms with Gasteiger partial charge in [0, 0.05) is 16.5 Å². The summed E-state index contributed by atoms with van der Waals surface area (Å²) in [6.07, 6.45) is 0. The van der Waals surface area contributed by atoms with E-state index in [2.05, 4.69) is 10.5 Å². The number of fused-ring (bicyclic) bond motifs is 1. The molecule has 1 amide bonds. The van der Waals surface area contributed by atoms with Crippen molar-refractivity contribution < 1.29 is 33.8 Å². The van der Waals surface area contributed by atoms with Gasteiger partial charge in [0.25, 0.3) is 11.7 Å². The number of esters is 1. The highest BCUT2D eigenvalue weighted by Crippen LogP contribution is 2.48. The van der Waals surface area contributed by atoms with E-state index < -0.39 is 23.4 Å². The molecule has 1 aliphatic rings. The maximum absolute atomic E-state index is 12.8. The van der Waals surface area contributed by atoms with Gasteiger partial charge in [0.2, 0.25) is 5.76 Å². The number of carbonyl (C=O) groups excluding carboxylic acids is 3. The van der Waals surface area contributed by atoms with Gasteiger partial charge in [0.1, 0.15) is 5.57 Å². The van der Waals surface area contributed by atoms with Gasteiger partial charge >= 0.3 is 5.97 Å². The standard InChI is InChI=1S/C23H18N2O7/c1-30-22(28)13-8-9-16-14(10-13)11-17(24-16)20-19(21(27)25-31-2)18(12-26)32-23(20,29)15-6-4-3-5-7-15/h3-11,24,29H,1-2H3,(H,25,27). The van der Waals surface area contributed by atoms with Gasteiger partial charge in [-0.05, 0) is 24.3 Å². The van der Waals surface area contributed by atoms with Crippen LogP contribution in [0.1, 0.15) is 21.6 Å². The van der Waals surface area contributed by atoms with Gasteiger partial charge in [-0.1, -0.05) is 30.3 Å². The summed E-state index contributed by atoms with van der Waals surface area (Å²) >= 11 is 0. The van der Waals surface area contributed by atoms with Crippen molar-refractivity contribution in [2.45, 2.75) is 5.79 Å². The predicted molar refractivity (Wildman–Crippen MR) is 112 cm³/mol. The number of aromatic amines is 1. The van der Waals surface area contributed by atoms with E-state index in [1.54, 1.807) is 60.5 Å². The largest absolute Gasteiger partial charge is 0.465 e. The van der Waals surface area contributed by atoms with Gasteiger partial charge < -0.3 is 19.6 Å². The van der Waals surface area contributed by atoms with Crippen LogP contribution in [0.4, 0.5) is 0 Å². The molecule has 1 unspecified atom stereocenters. The summed E-state index contributed by atoms with van der Waals surface area (Å²) in [5.74, 6) is -2.38. The van der Waals surface area contributed by atoms with Crippen molar-refractivity contribution in [3.05, 3.63) is 82.8 Å². The first-order valence-electron chi connectivity index (χ1n) is 9.45. The molecule has 2 aromatic carbocycles. The summed E-state index contributed by atoms with van der Waals surface area (Å²) in [6, 6.07) is 14.8. The predicted octanol–water partition coefficient (Wildman–Crippen LogP) is 1.98. The molecule has 9 nitrogen and oxygen atoms in total. The van der Waals surface area contributed by atoms with Crippen LogP contribution in [0, 0.1) is 0 Å². The molecule has 4 rings (SSSR count). The van der Waals surface area contributed by atoms with Gasteiger partial charge in [-0.3, -0.25) is 9.63 Å². The molecular formula is C23H18N2O7. The zero-order chi connectivity index (χ0) is 22.9. The molecule has 0 aliphatic carbocycles. The fraction of sp³-hybridized carbons (Fsp3) is 0.130. The smallest absolute Gasteiger partial charge is 0.337 e. The summed E-state index contributed by atoms with van der Waals surface area (Å²) in [6.45, 7) is 0. The quantitative estimate of drug-likeness (QED) is 0.318. The van der Waals surface area contributed by atoms with Gasteiger partial charge in [-0.2, -0.15) is 0 Å². The molecule has 0 radical (unpaired) electrons. The van der Waals surface area contributed by atoms with Gasteiger partial charge in [-0.25, -0.2) is 15.1 Å². The number of carbonyl (C=O) groups is 2. The Hall–Kier alpha value is -4.17. The number of benzene rings is 2. The van der Waals surface area contributed by atoms with Crippen molar-refractivity contribution in [1.82, 2.24) is 10.5 Å². The van der Waals surface area contributed by atoms with Crippen LogP contribution in [0.15, 0.2) is 65.9 Å². The molecule has 1 aromatic heterocycles. The van der Waals surface area contributed by atoms with E-state index in [9.17, 15) is 19.5 Å². The summed E-state index contributed by atoms with van der Waals surface area (Å²) < 4.78 is 10.3. The zero-order valence-electron chi connectivity index (χ0n) is 17.1. The van der Waals surface area contributed by atoms with E-state index in [0.29, 0.717) is 22.2 Å². The maximum atomic E-state index is 12.8. The van der Waals surface area contributed by atoms with Crippen molar-refractivity contribution in [2.75, 3.05) is 14.2 Å². The number of aromatic nitrogens is 1. The Labute approximate surface area is 181 Å². The summed E-state index contributed by atoms with van der Waals surface area (Å²) in [4.78, 5) is 44.1. The molecule has 0 bridgehead atoms. The molecule has 2 heterocycles. The third kappa shape index (κ3) is 3.36. The lowest BCUT2D eigenvalue weighted by molar-refractivity contribution is -0.128. The summed E-state index contributed by atoms with van der Waals surface area (Å²) in [5.41, 5.74) is 3.42. The minimum atomic E-state index is -2.17. The number of nitrogens with one attached hydrogen (secondary N) is 2. The summed E-state index contributed by atoms with van der Waals surface area (Å²) in [7, 11) is 2.52. The molecule has 162 valence electrons. The van der Waals surface area contributed by atoms with Crippen LogP contribution in [0.3, 0.4) is 0 Å². The van der Waals surface area contributed by atoms with Crippen molar-refractivity contribution in [3.63, 3.8) is 0 Å². The Balaban J connectivity index is 1.98. The lowest BCUT2D eigenvalue weighted by Gasteiger charge is -2.25. The molecule has 3 N–H and O–H groups in total. The van der Waals surface area contributed by atoms with E-state index in [1.165, 1.54) is 14.2 Å². The number of ether oxygens (including phenoxy) is 2. The topological polar surface area (TPSA) is 127 Å². The van der Waals surface area contributed by atoms with Crippen LogP contribution in [-0.2, 0) is 29.7 Å². The highest BCUT2D eigenvalue weighted by molar-refractivity contribution is 6.09. The Kier molecular flexibility index (Phi) is 5.38. The Bertz CT molecular complexity index is 1300. The van der Waals surface area contributed by atoms with Crippen LogP contribution in [-0.4, -0.2) is 42.1 Å². The second-order valence-corrected chi connectivity index (χ2v) is 6.91. The average molecular weight is 434 g/mol. The number of amides is 1. The summed E-state index contributed by atoms with van der Waals surface area (Å²) in [5, 5.41) is 12.2. The van der Waals surface area contributed by atoms with Crippen molar-refractivity contribution in [2.24, 2.45) is 0 Å². The highest BCUT2D eigenvalue weighted by Gasteiger charge is 2.50. The van der Waals surface area contributed by atoms with E-state index in [1.807, 2.05) is 0 Å². The van der Waals surface area contributed by atoms with Crippen LogP contribution in [0.5, 0.6) is 0 Å². The molecular weight excluding hydrogens is 416 g/mol. The molecule has 0 saturated heterocycles. The van der Waals surface area contributed by atoms with Gasteiger partial charge in [0.05, 0.1) is 31.1 Å². The monoisotopic (exact) mass is 434 g/mol. The molecule has 1 atom stereocenters. The van der Waals surface area contributed by atoms with Gasteiger partial charge in [-0.15, -0.1) is 0 Å². The molecule has 3 aromatic rings. The molecule has 0 fully saturated rings. The second-order valence-electron chi connectivity index (χ2n) is 6.91. The Morgan fingerprint density at radius 1 is 1.12 bits per heavy atom. The number of methoxy groups -OCH3 is 1. The van der Waals surface area contributed by atoms with Crippen LogP contribution in [0.2, 0.25) is 0 Å². The van der Waals surface area contributed by atoms with E-state index >= 15 is 0 Å². The molecule has 32 heavy (non-hydrogen) atoms. The fourth-order valence-electron chi connectivity index (χ4n) is 3.66. The molecule has 0 saturated carbocycles. The molecule has 0 spiro atoms. The van der Waals surface area contributed by atoms with Crippen molar-refractivity contribution in [3.8, 4) is 0 Å². The third-order valence-electron chi connectivity index (χ3n) is 5.06. The zero-order valence-corrected chi connectivity index (χ0v) is 17.1. The van der Waals surface area contributed by atoms with Crippen LogP contribution >= 0.6 is 0 Å². The SMILES string of the molecule is CONC(=O)C1=C(c2cc3cc(C(=O)OC)ccc3[nH]2)C(O)(c2ccccc2)OC1=C=O. The number of hydrogen-bond donors (Lipinski definition) is 3. The second kappa shape index (κ2) is 8.16. The average Bonchev–Trinajstić information content (AvgIpc) is 3.37. The van der Waals surface area contributed by atoms with Gasteiger partial charge in [0.15, 0.2) is 5.94 Å². The molecule has 1 aliphatic heterocycles. The minimum absolute atomic E-state index is 0.00702. The number of aliphatic hydroxyl groups is 1. The number of hydrogen-bond acceptors (Lipinski definition) is 7. The van der Waals surface area contributed by atoms with Crippen LogP contribution < -0.4 is 5.48 Å². The maximum Gasteiger partial charge on any atom is 0.337 e. The number of H-pyrrole nitrogens is 1. The first kappa shape index (κ1) is 21.1. The van der Waals surface area contributed by atoms with Crippen LogP contribution in [0.25, 0.3) is 16.5 Å². The Morgan fingerprint density at radius 3 is 2.53 bits per heavy atom. The number of rotatable bonds is 5. The van der Waals surface area contributed by atoms with E-state index in [0.717, 1.165) is 0 Å². The first-order chi connectivity index (χ1) is 15.4. The molecule has 9 heteroatoms. The first-order valence-corrected chi connectivity index (χ1v) is 9.45. The fourth-order valence-corrected chi connectivity index (χ4v) is 3.66.